The van der Waals surface area contributed by atoms with Gasteiger partial charge in [0.05, 0.1) is 11.4 Å². The maximum Gasteiger partial charge on any atom is 0.179 e. The van der Waals surface area contributed by atoms with E-state index in [4.69, 9.17) is 8.83 Å². The average Bonchev–Trinajstić information content (AvgIpc) is 0.780. The van der Waals surface area contributed by atoms with Gasteiger partial charge in [0, 0.05) is 44.3 Å². The molecule has 0 aliphatic carbocycles. The smallest absolute Gasteiger partial charge is 0.179 e. The molecule has 124 heavy (non-hydrogen) atoms. The van der Waals surface area contributed by atoms with Crippen molar-refractivity contribution in [1.29, 1.82) is 0 Å². The molecule has 0 unspecified atom stereocenters. The number of fused-ring (bicyclic) bond motifs is 6. The quantitative estimate of drug-likeness (QED) is 0.0433. The Labute approximate surface area is 725 Å². The average molecular weight is 1620 g/mol. The molecule has 0 radical (unpaired) electrons. The van der Waals surface area contributed by atoms with Crippen molar-refractivity contribution in [2.75, 3.05) is 9.80 Å². The normalized spacial score (nSPS) is 12.0. The molecule has 20 aromatic carbocycles. The summed E-state index contributed by atoms with van der Waals surface area (Å²) in [5, 5.41) is 22.8. The fourth-order valence-corrected chi connectivity index (χ4v) is 29.8. The van der Waals surface area contributed by atoms with Crippen LogP contribution in [0.1, 0.15) is 50.7 Å². The third-order valence-corrected chi connectivity index (χ3v) is 35.7. The zero-order valence-corrected chi connectivity index (χ0v) is 71.6. The lowest BCUT2D eigenvalue weighted by atomic mass is 9.81. The molecule has 0 aliphatic rings. The number of hydrogen-bond acceptors (Lipinski definition) is 4. The molecular formula is C118H88N2O2Si2. The number of anilines is 6. The van der Waals surface area contributed by atoms with Gasteiger partial charge in [-0.25, -0.2) is 0 Å². The summed E-state index contributed by atoms with van der Waals surface area (Å²) in [6.45, 7) is 9.39. The topological polar surface area (TPSA) is 32.8 Å². The van der Waals surface area contributed by atoms with Crippen LogP contribution in [0.4, 0.5) is 34.1 Å². The first-order valence-electron chi connectivity index (χ1n) is 43.3. The van der Waals surface area contributed by atoms with Crippen LogP contribution in [0.3, 0.4) is 0 Å². The largest absolute Gasteiger partial charge is 0.454 e. The fourth-order valence-electron chi connectivity index (χ4n) is 20.3. The van der Waals surface area contributed by atoms with E-state index in [0.717, 1.165) is 111 Å². The summed E-state index contributed by atoms with van der Waals surface area (Å²) in [5.41, 5.74) is 21.3. The van der Waals surface area contributed by atoms with E-state index >= 15 is 0 Å². The van der Waals surface area contributed by atoms with Crippen LogP contribution in [0.2, 0.25) is 0 Å². The van der Waals surface area contributed by atoms with Gasteiger partial charge in [-0.1, -0.05) is 392 Å². The van der Waals surface area contributed by atoms with Crippen LogP contribution in [0.25, 0.3) is 121 Å². The zero-order chi connectivity index (χ0) is 83.0. The maximum atomic E-state index is 6.95. The molecule has 0 N–H and O–H groups in total. The lowest BCUT2D eigenvalue weighted by molar-refractivity contribution is 0.668. The van der Waals surface area contributed by atoms with Crippen LogP contribution in [0.15, 0.2) is 458 Å². The minimum Gasteiger partial charge on any atom is -0.454 e. The molecule has 0 aliphatic heterocycles. The molecule has 0 saturated carbocycles. The molecule has 2 heterocycles. The summed E-state index contributed by atoms with van der Waals surface area (Å²) in [6.07, 6.45) is 0. The third-order valence-electron chi connectivity index (χ3n) is 26.1. The van der Waals surface area contributed by atoms with Crippen molar-refractivity contribution in [3.05, 3.63) is 460 Å². The Balaban J connectivity index is 0.644. The Kier molecular flexibility index (Phi) is 19.0. The van der Waals surface area contributed by atoms with Crippen LogP contribution in [0.5, 0.6) is 0 Å². The number of nitrogens with zero attached hydrogens (tertiary/aromatic N) is 2. The van der Waals surface area contributed by atoms with Gasteiger partial charge in [0.1, 0.15) is 11.2 Å². The van der Waals surface area contributed by atoms with Crippen LogP contribution < -0.4 is 51.3 Å². The number of para-hydroxylation sites is 4. The Morgan fingerprint density at radius 1 is 0.202 bits per heavy atom. The summed E-state index contributed by atoms with van der Waals surface area (Å²) < 4.78 is 13.9. The van der Waals surface area contributed by atoms with Crippen LogP contribution in [-0.4, -0.2) is 16.1 Å². The van der Waals surface area contributed by atoms with E-state index in [-0.39, 0.29) is 11.8 Å². The number of hydrogen-bond donors (Lipinski definition) is 0. The molecule has 6 heteroatoms. The highest BCUT2D eigenvalue weighted by Gasteiger charge is 2.43. The summed E-state index contributed by atoms with van der Waals surface area (Å²) in [6, 6.07) is 167. The molecular weight excluding hydrogens is 1530 g/mol. The van der Waals surface area contributed by atoms with Crippen molar-refractivity contribution >= 4 is 168 Å². The third kappa shape index (κ3) is 12.6. The van der Waals surface area contributed by atoms with E-state index in [2.05, 4.69) is 486 Å². The molecule has 590 valence electrons. The summed E-state index contributed by atoms with van der Waals surface area (Å²) >= 11 is 0. The minimum atomic E-state index is -2.75. The lowest BCUT2D eigenvalue weighted by Gasteiger charge is -2.34. The van der Waals surface area contributed by atoms with Gasteiger partial charge in [-0.2, -0.15) is 0 Å². The van der Waals surface area contributed by atoms with E-state index in [0.29, 0.717) is 0 Å². The number of rotatable bonds is 20. The fraction of sp³-hybridized carbons (Fsp3) is 0.0508. The van der Waals surface area contributed by atoms with Gasteiger partial charge in [0.15, 0.2) is 27.3 Å². The molecule has 0 saturated heterocycles. The Bertz CT molecular complexity index is 7030. The predicted octanol–water partition coefficient (Wildman–Crippen LogP) is 27.0. The van der Waals surface area contributed by atoms with Crippen LogP contribution in [-0.2, 0) is 0 Å². The van der Waals surface area contributed by atoms with Crippen molar-refractivity contribution < 1.29 is 8.83 Å². The maximum absolute atomic E-state index is 6.95. The van der Waals surface area contributed by atoms with Gasteiger partial charge in [-0.05, 0) is 226 Å². The van der Waals surface area contributed by atoms with Gasteiger partial charge >= 0.3 is 0 Å². The number of benzene rings is 20. The van der Waals surface area contributed by atoms with Crippen molar-refractivity contribution in [3.63, 3.8) is 0 Å². The second kappa shape index (κ2) is 31.3. The molecule has 0 atom stereocenters. The van der Waals surface area contributed by atoms with E-state index in [9.17, 15) is 0 Å². The highest BCUT2D eigenvalue weighted by Crippen LogP contribution is 2.51. The first kappa shape index (κ1) is 75.3. The second-order valence-corrected chi connectivity index (χ2v) is 41.2. The van der Waals surface area contributed by atoms with Crippen LogP contribution in [0, 0.1) is 0 Å². The second-order valence-electron chi connectivity index (χ2n) is 33.6. The van der Waals surface area contributed by atoms with Crippen molar-refractivity contribution in [2.45, 2.75) is 39.5 Å². The molecule has 0 bridgehead atoms. The predicted molar refractivity (Wildman–Crippen MR) is 531 cm³/mol. The van der Waals surface area contributed by atoms with Gasteiger partial charge in [0.2, 0.25) is 0 Å². The first-order chi connectivity index (χ1) is 61.1. The molecule has 2 aromatic heterocycles. The zero-order valence-electron chi connectivity index (χ0n) is 69.6. The van der Waals surface area contributed by atoms with E-state index < -0.39 is 16.1 Å². The van der Waals surface area contributed by atoms with Gasteiger partial charge < -0.3 is 18.6 Å². The molecule has 0 fully saturated rings. The van der Waals surface area contributed by atoms with Crippen LogP contribution >= 0.6 is 0 Å². The Morgan fingerprint density at radius 3 is 0.815 bits per heavy atom. The Hall–Kier alpha value is -14.9. The molecule has 0 spiro atoms. The van der Waals surface area contributed by atoms with Crippen molar-refractivity contribution in [3.8, 4) is 44.5 Å². The van der Waals surface area contributed by atoms with E-state index in [1.165, 1.54) is 96.1 Å². The van der Waals surface area contributed by atoms with E-state index in [1.807, 2.05) is 0 Å². The molecule has 0 amide bonds. The summed E-state index contributed by atoms with van der Waals surface area (Å²) in [4.78, 5) is 4.78. The van der Waals surface area contributed by atoms with Crippen molar-refractivity contribution in [2.24, 2.45) is 0 Å². The lowest BCUT2D eigenvalue weighted by Crippen LogP contribution is -2.74. The van der Waals surface area contributed by atoms with Gasteiger partial charge in [0.25, 0.3) is 0 Å². The Morgan fingerprint density at radius 2 is 0.484 bits per heavy atom. The number of furan rings is 2. The molecule has 22 rings (SSSR count). The van der Waals surface area contributed by atoms with E-state index in [1.54, 1.807) is 0 Å². The molecule has 4 nitrogen and oxygen atoms in total. The molecule has 22 aromatic rings. The van der Waals surface area contributed by atoms with Gasteiger partial charge in [-0.15, -0.1) is 0 Å². The SMILES string of the molecule is CC(C)c1cc(-c2ccc(N(c3cccc(-c4ccc([Si](c5ccccc5)(c5ccccc5)c5ccccc5)cc4)c3)c3cccc4c3oc3ccccc34)cc2)c2ccc3c(C(C)C)cc(-c4ccc(N(c5cccc(-c6ccc([Si](c7ccccc7)(c7ccccc7)c7ccccc7)cc6)c5)c5cccc6c5oc5ccccc56)cc4)c4ccc1c2c43. The van der Waals surface area contributed by atoms with Gasteiger partial charge in [-0.3, -0.25) is 0 Å². The van der Waals surface area contributed by atoms with Crippen molar-refractivity contribution in [1.82, 2.24) is 0 Å². The highest BCUT2D eigenvalue weighted by molar-refractivity contribution is 7.20. The summed E-state index contributed by atoms with van der Waals surface area (Å²) in [7, 11) is -5.51. The standard InChI is InChI=1S/C118H88N2O2Si2/c1-79(2)107-77-109(83-55-63-87(64-56-83)119(111-51-29-49-105-99-47-23-25-53-113(99)121-117(105)111)89-33-27-31-85(75-89)81-59-67-97(68-60-81)123(91-35-11-5-12-36-91,92-37-13-6-14-38-92)93-39-15-7-16-40-93)103-74-72-102-108(80(3)4)78-110(104-73-71-101(107)115(103)116(102)104)84-57-65-88(66-58-84)120(112-52-30-50-106-100-48-24-26-54-114(100)122-118(106)112)90-34-28-32-86(76-90)82-61-69-98(70-62-82)124(94-41-17-8-18-42-94,95-43-19-9-20-44-95)96-45-21-10-22-46-96/h5-80H,1-4H3. The minimum absolute atomic E-state index is 0.241. The summed E-state index contributed by atoms with van der Waals surface area (Å²) in [5.74, 6) is 0.481. The first-order valence-corrected chi connectivity index (χ1v) is 47.3. The monoisotopic (exact) mass is 1620 g/mol. The highest BCUT2D eigenvalue weighted by atomic mass is 28.3.